The summed E-state index contributed by atoms with van der Waals surface area (Å²) in [6.45, 7) is 2.61. The number of ether oxygens (including phenoxy) is 1. The Morgan fingerprint density at radius 3 is 2.74 bits per heavy atom. The van der Waals surface area contributed by atoms with Crippen molar-refractivity contribution in [3.05, 3.63) is 47.9 Å². The van der Waals surface area contributed by atoms with E-state index in [0.29, 0.717) is 30.2 Å². The van der Waals surface area contributed by atoms with E-state index in [4.69, 9.17) is 14.9 Å². The summed E-state index contributed by atoms with van der Waals surface area (Å²) in [6, 6.07) is 8.80. The molecular weight excluding hydrogens is 244 g/mol. The summed E-state index contributed by atoms with van der Waals surface area (Å²) in [6.07, 6.45) is 1.44. The first kappa shape index (κ1) is 13.0. The fourth-order valence-electron chi connectivity index (χ4n) is 1.56. The van der Waals surface area contributed by atoms with Crippen molar-refractivity contribution >= 4 is 11.6 Å². The first-order valence-electron chi connectivity index (χ1n) is 5.97. The molecule has 0 saturated carbocycles. The molecule has 0 unspecified atom stereocenters. The molecule has 0 aliphatic heterocycles. The molecule has 19 heavy (non-hydrogen) atoms. The molecule has 1 heterocycles. The standard InChI is InChI=1S/C14H16N2O3/c1-10-8-11(9-19-10)14(17)16-6-7-18-13-4-2-12(15)3-5-13/h2-5,8-9H,6-7,15H2,1H3,(H,16,17). The zero-order chi connectivity index (χ0) is 13.7. The minimum absolute atomic E-state index is 0.169. The highest BCUT2D eigenvalue weighted by atomic mass is 16.5. The maximum Gasteiger partial charge on any atom is 0.254 e. The molecule has 2 aromatic rings. The fourth-order valence-corrected chi connectivity index (χ4v) is 1.56. The van der Waals surface area contributed by atoms with Gasteiger partial charge in [0.15, 0.2) is 0 Å². The monoisotopic (exact) mass is 260 g/mol. The van der Waals surface area contributed by atoms with Crippen molar-refractivity contribution in [1.82, 2.24) is 5.32 Å². The summed E-state index contributed by atoms with van der Waals surface area (Å²) in [7, 11) is 0. The van der Waals surface area contributed by atoms with E-state index in [0.717, 1.165) is 5.75 Å². The lowest BCUT2D eigenvalue weighted by molar-refractivity contribution is 0.0946. The second-order valence-electron chi connectivity index (χ2n) is 4.12. The second kappa shape index (κ2) is 5.95. The van der Waals surface area contributed by atoms with E-state index in [1.54, 1.807) is 37.3 Å². The Morgan fingerprint density at radius 1 is 1.37 bits per heavy atom. The van der Waals surface area contributed by atoms with Crippen LogP contribution in [0.25, 0.3) is 0 Å². The van der Waals surface area contributed by atoms with Gasteiger partial charge in [-0.25, -0.2) is 0 Å². The van der Waals surface area contributed by atoms with Crippen molar-refractivity contribution < 1.29 is 13.9 Å². The number of carbonyl (C=O) groups is 1. The maximum atomic E-state index is 11.7. The molecular formula is C14H16N2O3. The minimum Gasteiger partial charge on any atom is -0.492 e. The van der Waals surface area contributed by atoms with E-state index >= 15 is 0 Å². The molecule has 0 aliphatic rings. The van der Waals surface area contributed by atoms with Crippen LogP contribution < -0.4 is 15.8 Å². The van der Waals surface area contributed by atoms with Gasteiger partial charge in [0.1, 0.15) is 24.4 Å². The molecule has 1 amide bonds. The molecule has 0 bridgehead atoms. The summed E-state index contributed by atoms with van der Waals surface area (Å²) in [5.41, 5.74) is 6.78. The third-order valence-corrected chi connectivity index (χ3v) is 2.53. The van der Waals surface area contributed by atoms with Gasteiger partial charge in [-0.15, -0.1) is 0 Å². The molecule has 5 heteroatoms. The third-order valence-electron chi connectivity index (χ3n) is 2.53. The van der Waals surface area contributed by atoms with E-state index in [2.05, 4.69) is 5.32 Å². The van der Waals surface area contributed by atoms with Gasteiger partial charge in [-0.2, -0.15) is 0 Å². The van der Waals surface area contributed by atoms with Gasteiger partial charge in [-0.3, -0.25) is 4.79 Å². The second-order valence-corrected chi connectivity index (χ2v) is 4.12. The van der Waals surface area contributed by atoms with Gasteiger partial charge < -0.3 is 20.2 Å². The Hall–Kier alpha value is -2.43. The average Bonchev–Trinajstić information content (AvgIpc) is 2.83. The fraction of sp³-hybridized carbons (Fsp3) is 0.214. The molecule has 100 valence electrons. The number of nitrogens with one attached hydrogen (secondary N) is 1. The Bertz CT molecular complexity index is 546. The number of carbonyl (C=O) groups excluding carboxylic acids is 1. The van der Waals surface area contributed by atoms with Crippen molar-refractivity contribution in [2.24, 2.45) is 0 Å². The van der Waals surface area contributed by atoms with Crippen LogP contribution in [0.5, 0.6) is 5.75 Å². The van der Waals surface area contributed by atoms with Gasteiger partial charge in [0.25, 0.3) is 5.91 Å². The Kier molecular flexibility index (Phi) is 4.07. The van der Waals surface area contributed by atoms with Crippen molar-refractivity contribution in [2.75, 3.05) is 18.9 Å². The number of rotatable bonds is 5. The van der Waals surface area contributed by atoms with Crippen LogP contribution in [0.1, 0.15) is 16.1 Å². The Labute approximate surface area is 111 Å². The number of nitrogens with two attached hydrogens (primary N) is 1. The summed E-state index contributed by atoms with van der Waals surface area (Å²) in [4.78, 5) is 11.7. The molecule has 0 atom stereocenters. The van der Waals surface area contributed by atoms with Gasteiger partial charge in [0, 0.05) is 5.69 Å². The molecule has 3 N–H and O–H groups in total. The summed E-state index contributed by atoms with van der Waals surface area (Å²) in [5, 5.41) is 2.75. The number of anilines is 1. The van der Waals surface area contributed by atoms with Crippen LogP contribution in [0, 0.1) is 6.92 Å². The molecule has 1 aromatic heterocycles. The Balaban J connectivity index is 1.72. The molecule has 0 aliphatic carbocycles. The molecule has 0 spiro atoms. The van der Waals surface area contributed by atoms with Crippen molar-refractivity contribution in [1.29, 1.82) is 0 Å². The zero-order valence-electron chi connectivity index (χ0n) is 10.7. The minimum atomic E-state index is -0.169. The Morgan fingerprint density at radius 2 is 2.11 bits per heavy atom. The first-order chi connectivity index (χ1) is 9.15. The number of nitrogen functional groups attached to an aromatic ring is 1. The maximum absolute atomic E-state index is 11.7. The van der Waals surface area contributed by atoms with Gasteiger partial charge in [-0.1, -0.05) is 0 Å². The highest BCUT2D eigenvalue weighted by Crippen LogP contribution is 2.12. The van der Waals surface area contributed by atoms with E-state index in [9.17, 15) is 4.79 Å². The van der Waals surface area contributed by atoms with Crippen molar-refractivity contribution in [3.8, 4) is 5.75 Å². The van der Waals surface area contributed by atoms with Gasteiger partial charge in [0.2, 0.25) is 0 Å². The first-order valence-corrected chi connectivity index (χ1v) is 5.97. The molecule has 0 saturated heterocycles. The van der Waals surface area contributed by atoms with Crippen LogP contribution in [0.15, 0.2) is 41.0 Å². The number of furan rings is 1. The van der Waals surface area contributed by atoms with Gasteiger partial charge in [0.05, 0.1) is 12.1 Å². The summed E-state index contributed by atoms with van der Waals surface area (Å²) in [5.74, 6) is 1.27. The lowest BCUT2D eigenvalue weighted by Crippen LogP contribution is -2.27. The average molecular weight is 260 g/mol. The molecule has 2 rings (SSSR count). The van der Waals surface area contributed by atoms with Crippen LogP contribution in [-0.4, -0.2) is 19.1 Å². The molecule has 5 nitrogen and oxygen atoms in total. The topological polar surface area (TPSA) is 77.5 Å². The molecule has 0 fully saturated rings. The number of aryl methyl sites for hydroxylation is 1. The van der Waals surface area contributed by atoms with E-state index in [1.807, 2.05) is 0 Å². The number of hydrogen-bond donors (Lipinski definition) is 2. The summed E-state index contributed by atoms with van der Waals surface area (Å²) >= 11 is 0. The van der Waals surface area contributed by atoms with Crippen LogP contribution in [0.4, 0.5) is 5.69 Å². The quantitative estimate of drug-likeness (QED) is 0.636. The van der Waals surface area contributed by atoms with Crippen LogP contribution in [-0.2, 0) is 0 Å². The van der Waals surface area contributed by atoms with E-state index in [1.165, 1.54) is 6.26 Å². The lowest BCUT2D eigenvalue weighted by atomic mass is 10.3. The SMILES string of the molecule is Cc1cc(C(=O)NCCOc2ccc(N)cc2)co1. The van der Waals surface area contributed by atoms with Crippen LogP contribution in [0.2, 0.25) is 0 Å². The summed E-state index contributed by atoms with van der Waals surface area (Å²) < 4.78 is 10.5. The number of benzene rings is 1. The smallest absolute Gasteiger partial charge is 0.254 e. The van der Waals surface area contributed by atoms with Crippen LogP contribution >= 0.6 is 0 Å². The molecule has 1 aromatic carbocycles. The predicted molar refractivity (Wildman–Crippen MR) is 72.1 cm³/mol. The third kappa shape index (κ3) is 3.77. The number of amides is 1. The van der Waals surface area contributed by atoms with Crippen molar-refractivity contribution in [3.63, 3.8) is 0 Å². The van der Waals surface area contributed by atoms with Gasteiger partial charge in [-0.05, 0) is 37.3 Å². The number of hydrogen-bond acceptors (Lipinski definition) is 4. The normalized spacial score (nSPS) is 10.2. The van der Waals surface area contributed by atoms with Crippen LogP contribution in [0.3, 0.4) is 0 Å². The zero-order valence-corrected chi connectivity index (χ0v) is 10.7. The highest BCUT2D eigenvalue weighted by Gasteiger charge is 2.07. The van der Waals surface area contributed by atoms with Crippen molar-refractivity contribution in [2.45, 2.75) is 6.92 Å². The largest absolute Gasteiger partial charge is 0.492 e. The highest BCUT2D eigenvalue weighted by molar-refractivity contribution is 5.93. The lowest BCUT2D eigenvalue weighted by Gasteiger charge is -2.07. The van der Waals surface area contributed by atoms with E-state index < -0.39 is 0 Å². The van der Waals surface area contributed by atoms with E-state index in [-0.39, 0.29) is 5.91 Å². The van der Waals surface area contributed by atoms with Gasteiger partial charge >= 0.3 is 0 Å². The molecule has 0 radical (unpaired) electrons. The predicted octanol–water partition coefficient (Wildman–Crippen LogP) is 1.98.